The van der Waals surface area contributed by atoms with Crippen molar-refractivity contribution in [1.29, 1.82) is 0 Å². The Labute approximate surface area is 102 Å². The molecule has 0 saturated carbocycles. The van der Waals surface area contributed by atoms with Crippen molar-refractivity contribution in [3.05, 3.63) is 23.8 Å². The molecule has 94 valence electrons. The van der Waals surface area contributed by atoms with Crippen LogP contribution in [0.4, 0.5) is 5.69 Å². The number of nitrogen functional groups attached to an aromatic ring is 1. The highest BCUT2D eigenvalue weighted by atomic mass is 16.5. The molecule has 0 aliphatic rings. The molecule has 0 heterocycles. The van der Waals surface area contributed by atoms with Gasteiger partial charge in [0.2, 0.25) is 0 Å². The van der Waals surface area contributed by atoms with Crippen molar-refractivity contribution in [1.82, 2.24) is 0 Å². The average molecular weight is 236 g/mol. The predicted molar refractivity (Wildman–Crippen MR) is 68.9 cm³/mol. The second kappa shape index (κ2) is 6.13. The second-order valence-electron chi connectivity index (χ2n) is 4.11. The van der Waals surface area contributed by atoms with Crippen LogP contribution in [-0.2, 0) is 0 Å². The molecule has 0 spiro atoms. The third kappa shape index (κ3) is 3.66. The summed E-state index contributed by atoms with van der Waals surface area (Å²) >= 11 is 0. The molecule has 0 bridgehead atoms. The summed E-state index contributed by atoms with van der Waals surface area (Å²) in [5.74, 6) is 0.464. The monoisotopic (exact) mass is 236 g/mol. The van der Waals surface area contributed by atoms with Gasteiger partial charge in [0, 0.05) is 11.8 Å². The van der Waals surface area contributed by atoms with Gasteiger partial charge >= 0.3 is 0 Å². The van der Waals surface area contributed by atoms with Crippen LogP contribution in [0, 0.1) is 5.92 Å². The number of hydrogen-bond donors (Lipinski definition) is 2. The van der Waals surface area contributed by atoms with Crippen LogP contribution in [0.25, 0.3) is 0 Å². The Balaban J connectivity index is 2.81. The van der Waals surface area contributed by atoms with Crippen molar-refractivity contribution in [3.8, 4) is 5.75 Å². The van der Waals surface area contributed by atoms with Gasteiger partial charge in [-0.25, -0.2) is 0 Å². The Morgan fingerprint density at radius 1 is 1.35 bits per heavy atom. The summed E-state index contributed by atoms with van der Waals surface area (Å²) < 4.78 is 5.64. The molecule has 0 aliphatic carbocycles. The molecule has 0 unspecified atom stereocenters. The number of amides is 1. The third-order valence-electron chi connectivity index (χ3n) is 2.90. The maximum Gasteiger partial charge on any atom is 0.252 e. The fourth-order valence-electron chi connectivity index (χ4n) is 1.59. The van der Waals surface area contributed by atoms with E-state index in [1.807, 2.05) is 0 Å². The number of hydrogen-bond acceptors (Lipinski definition) is 3. The van der Waals surface area contributed by atoms with Crippen LogP contribution in [0.3, 0.4) is 0 Å². The van der Waals surface area contributed by atoms with E-state index in [1.54, 1.807) is 18.2 Å². The zero-order valence-electron chi connectivity index (χ0n) is 10.4. The number of carbonyl (C=O) groups is 1. The van der Waals surface area contributed by atoms with Crippen molar-refractivity contribution in [3.63, 3.8) is 0 Å². The Morgan fingerprint density at radius 3 is 2.53 bits per heavy atom. The van der Waals surface area contributed by atoms with Crippen LogP contribution in [0.15, 0.2) is 18.2 Å². The van der Waals surface area contributed by atoms with Gasteiger partial charge in [0.1, 0.15) is 5.75 Å². The molecule has 1 aromatic rings. The highest BCUT2D eigenvalue weighted by molar-refractivity contribution is 5.96. The first kappa shape index (κ1) is 13.4. The summed E-state index contributed by atoms with van der Waals surface area (Å²) in [5.41, 5.74) is 11.9. The standard InChI is InChI=1S/C13H20N2O2/c1-3-9(4-2)8-17-12-7-10(14)5-6-11(12)13(15)16/h5-7,9H,3-4,8,14H2,1-2H3,(H2,15,16). The lowest BCUT2D eigenvalue weighted by Gasteiger charge is -2.15. The topological polar surface area (TPSA) is 78.3 Å². The molecule has 1 rings (SSSR count). The number of benzene rings is 1. The van der Waals surface area contributed by atoms with E-state index in [-0.39, 0.29) is 0 Å². The predicted octanol–water partition coefficient (Wildman–Crippen LogP) is 2.18. The maximum absolute atomic E-state index is 11.2. The van der Waals surface area contributed by atoms with Crippen LogP contribution in [0.5, 0.6) is 5.75 Å². The lowest BCUT2D eigenvalue weighted by Crippen LogP contribution is -2.16. The van der Waals surface area contributed by atoms with Crippen LogP contribution in [0.2, 0.25) is 0 Å². The van der Waals surface area contributed by atoms with Crippen LogP contribution >= 0.6 is 0 Å². The summed E-state index contributed by atoms with van der Waals surface area (Å²) in [6, 6.07) is 4.88. The Hall–Kier alpha value is -1.71. The van der Waals surface area contributed by atoms with Crippen molar-refractivity contribution >= 4 is 11.6 Å². The summed E-state index contributed by atoms with van der Waals surface area (Å²) in [7, 11) is 0. The minimum absolute atomic E-state index is 0.380. The van der Waals surface area contributed by atoms with Gasteiger partial charge in [-0.2, -0.15) is 0 Å². The quantitative estimate of drug-likeness (QED) is 0.743. The van der Waals surface area contributed by atoms with Crippen LogP contribution in [-0.4, -0.2) is 12.5 Å². The Kier molecular flexibility index (Phi) is 4.82. The van der Waals surface area contributed by atoms with Gasteiger partial charge in [0.15, 0.2) is 0 Å². The molecule has 1 aromatic carbocycles. The normalized spacial score (nSPS) is 10.5. The molecule has 0 radical (unpaired) electrons. The van der Waals surface area contributed by atoms with Crippen LogP contribution < -0.4 is 16.2 Å². The zero-order valence-corrected chi connectivity index (χ0v) is 10.4. The van der Waals surface area contributed by atoms with Gasteiger partial charge in [-0.3, -0.25) is 4.79 Å². The van der Waals surface area contributed by atoms with E-state index in [9.17, 15) is 4.79 Å². The lowest BCUT2D eigenvalue weighted by molar-refractivity contribution is 0.0995. The van der Waals surface area contributed by atoms with Gasteiger partial charge in [-0.15, -0.1) is 0 Å². The molecule has 4 nitrogen and oxygen atoms in total. The highest BCUT2D eigenvalue weighted by Gasteiger charge is 2.11. The van der Waals surface area contributed by atoms with Gasteiger partial charge in [0.05, 0.1) is 12.2 Å². The van der Waals surface area contributed by atoms with E-state index in [2.05, 4.69) is 13.8 Å². The lowest BCUT2D eigenvalue weighted by atomic mass is 10.1. The summed E-state index contributed by atoms with van der Waals surface area (Å²) in [4.78, 5) is 11.2. The first-order valence-corrected chi connectivity index (χ1v) is 5.90. The Bertz CT molecular complexity index is 387. The van der Waals surface area contributed by atoms with E-state index in [0.717, 1.165) is 12.8 Å². The van der Waals surface area contributed by atoms with Gasteiger partial charge in [-0.05, 0) is 18.1 Å². The average Bonchev–Trinajstić information content (AvgIpc) is 2.30. The fraction of sp³-hybridized carbons (Fsp3) is 0.462. The van der Waals surface area contributed by atoms with Crippen LogP contribution in [0.1, 0.15) is 37.0 Å². The number of ether oxygens (including phenoxy) is 1. The van der Waals surface area contributed by atoms with Gasteiger partial charge < -0.3 is 16.2 Å². The van der Waals surface area contributed by atoms with E-state index >= 15 is 0 Å². The number of primary amides is 1. The minimum atomic E-state index is -0.496. The molecule has 17 heavy (non-hydrogen) atoms. The first-order valence-electron chi connectivity index (χ1n) is 5.90. The largest absolute Gasteiger partial charge is 0.492 e. The summed E-state index contributed by atoms with van der Waals surface area (Å²) in [5, 5.41) is 0. The van der Waals surface area contributed by atoms with Crippen molar-refractivity contribution < 1.29 is 9.53 Å². The van der Waals surface area contributed by atoms with Crippen molar-refractivity contribution in [2.75, 3.05) is 12.3 Å². The maximum atomic E-state index is 11.2. The molecule has 0 fully saturated rings. The molecular weight excluding hydrogens is 216 g/mol. The molecule has 0 aromatic heterocycles. The molecule has 4 heteroatoms. The molecule has 0 saturated heterocycles. The van der Waals surface area contributed by atoms with E-state index < -0.39 is 5.91 Å². The van der Waals surface area contributed by atoms with E-state index in [4.69, 9.17) is 16.2 Å². The van der Waals surface area contributed by atoms with Gasteiger partial charge in [-0.1, -0.05) is 26.7 Å². The summed E-state index contributed by atoms with van der Waals surface area (Å²) in [6.07, 6.45) is 2.09. The first-order chi connectivity index (χ1) is 8.08. The minimum Gasteiger partial charge on any atom is -0.492 e. The number of nitrogens with two attached hydrogens (primary N) is 2. The molecule has 0 aliphatic heterocycles. The molecular formula is C13H20N2O2. The summed E-state index contributed by atoms with van der Waals surface area (Å²) in [6.45, 7) is 4.81. The molecule has 1 amide bonds. The fourth-order valence-corrected chi connectivity index (χ4v) is 1.59. The second-order valence-corrected chi connectivity index (χ2v) is 4.11. The number of anilines is 1. The smallest absolute Gasteiger partial charge is 0.252 e. The molecule has 4 N–H and O–H groups in total. The zero-order chi connectivity index (χ0) is 12.8. The SMILES string of the molecule is CCC(CC)COc1cc(N)ccc1C(N)=O. The third-order valence-corrected chi connectivity index (χ3v) is 2.90. The van der Waals surface area contributed by atoms with E-state index in [1.165, 1.54) is 0 Å². The Morgan fingerprint density at radius 2 is 2.00 bits per heavy atom. The highest BCUT2D eigenvalue weighted by Crippen LogP contribution is 2.22. The van der Waals surface area contributed by atoms with Crippen molar-refractivity contribution in [2.45, 2.75) is 26.7 Å². The number of rotatable bonds is 6. The van der Waals surface area contributed by atoms with E-state index in [0.29, 0.717) is 29.5 Å². The molecule has 0 atom stereocenters. The van der Waals surface area contributed by atoms with Crippen molar-refractivity contribution in [2.24, 2.45) is 11.7 Å². The van der Waals surface area contributed by atoms with Gasteiger partial charge in [0.25, 0.3) is 5.91 Å². The number of carbonyl (C=O) groups excluding carboxylic acids is 1.